The smallest absolute Gasteiger partial charge is 0.323 e. The number of aliphatic hydroxyl groups is 1. The molecule has 26 heavy (non-hydrogen) atoms. The van der Waals surface area contributed by atoms with Gasteiger partial charge in [0.15, 0.2) is 5.82 Å². The minimum absolute atomic E-state index is 0.162. The summed E-state index contributed by atoms with van der Waals surface area (Å²) >= 11 is 6.23. The second kappa shape index (κ2) is 8.10. The summed E-state index contributed by atoms with van der Waals surface area (Å²) in [6.45, 7) is 2.14. The summed E-state index contributed by atoms with van der Waals surface area (Å²) < 4.78 is 1.68. The van der Waals surface area contributed by atoms with Crippen LogP contribution in [-0.4, -0.2) is 45.5 Å². The number of aromatic nitrogens is 2. The molecule has 1 saturated carbocycles. The van der Waals surface area contributed by atoms with Crippen LogP contribution in [0.2, 0.25) is 5.02 Å². The molecule has 140 valence electrons. The quantitative estimate of drug-likeness (QED) is 0.851. The first-order valence-electron chi connectivity index (χ1n) is 8.95. The molecule has 0 saturated heterocycles. The Morgan fingerprint density at radius 2 is 2.04 bits per heavy atom. The number of urea groups is 1. The predicted molar refractivity (Wildman–Crippen MR) is 103 cm³/mol. The molecule has 1 aliphatic rings. The molecular weight excluding hydrogens is 352 g/mol. The largest absolute Gasteiger partial charge is 0.396 e. The molecular formula is C19H25ClN4O2. The van der Waals surface area contributed by atoms with Gasteiger partial charge in [-0.05, 0) is 50.7 Å². The average molecular weight is 377 g/mol. The fourth-order valence-corrected chi connectivity index (χ4v) is 3.64. The number of aryl methyl sites for hydroxylation is 1. The Bertz CT molecular complexity index is 769. The van der Waals surface area contributed by atoms with Crippen LogP contribution in [0.5, 0.6) is 0 Å². The number of para-hydroxylation sites is 1. The summed E-state index contributed by atoms with van der Waals surface area (Å²) in [5.41, 5.74) is 1.64. The van der Waals surface area contributed by atoms with Crippen molar-refractivity contribution in [2.45, 2.75) is 38.6 Å². The molecule has 2 aromatic rings. The van der Waals surface area contributed by atoms with E-state index in [4.69, 9.17) is 11.6 Å². The maximum Gasteiger partial charge on any atom is 0.323 e. The van der Waals surface area contributed by atoms with Crippen molar-refractivity contribution in [2.24, 2.45) is 5.92 Å². The van der Waals surface area contributed by atoms with E-state index in [1.807, 2.05) is 44.4 Å². The van der Waals surface area contributed by atoms with Crippen LogP contribution in [-0.2, 0) is 0 Å². The van der Waals surface area contributed by atoms with Gasteiger partial charge in [0.25, 0.3) is 0 Å². The topological polar surface area (TPSA) is 70.4 Å². The Morgan fingerprint density at radius 1 is 1.35 bits per heavy atom. The molecule has 1 aliphatic carbocycles. The number of hydrogen-bond acceptors (Lipinski definition) is 3. The van der Waals surface area contributed by atoms with Gasteiger partial charge in [-0.2, -0.15) is 0 Å². The first kappa shape index (κ1) is 18.7. The molecule has 1 heterocycles. The molecule has 1 aromatic heterocycles. The first-order chi connectivity index (χ1) is 12.5. The molecule has 0 atom stereocenters. The van der Waals surface area contributed by atoms with Crippen LogP contribution in [0.15, 0.2) is 30.5 Å². The molecule has 1 aromatic carbocycles. The SMILES string of the molecule is Cc1cn(-c2ccccc2Cl)nc1NC(=O)N(C)C1CCC(CO)CC1. The summed E-state index contributed by atoms with van der Waals surface area (Å²) in [4.78, 5) is 14.4. The van der Waals surface area contributed by atoms with Crippen LogP contribution in [0.1, 0.15) is 31.2 Å². The zero-order valence-corrected chi connectivity index (χ0v) is 15.9. The fourth-order valence-electron chi connectivity index (χ4n) is 3.41. The van der Waals surface area contributed by atoms with Crippen LogP contribution < -0.4 is 5.32 Å². The first-order valence-corrected chi connectivity index (χ1v) is 9.33. The third kappa shape index (κ3) is 4.02. The number of halogens is 1. The maximum atomic E-state index is 12.6. The summed E-state index contributed by atoms with van der Waals surface area (Å²) in [6.07, 6.45) is 5.60. The number of rotatable bonds is 4. The third-order valence-corrected chi connectivity index (χ3v) is 5.48. The van der Waals surface area contributed by atoms with E-state index in [1.165, 1.54) is 0 Å². The van der Waals surface area contributed by atoms with Crippen molar-refractivity contribution in [1.82, 2.24) is 14.7 Å². The van der Waals surface area contributed by atoms with Crippen molar-refractivity contribution in [3.63, 3.8) is 0 Å². The number of aliphatic hydroxyl groups excluding tert-OH is 1. The van der Waals surface area contributed by atoms with Gasteiger partial charge in [0.1, 0.15) is 0 Å². The molecule has 7 heteroatoms. The van der Waals surface area contributed by atoms with Gasteiger partial charge in [0.2, 0.25) is 0 Å². The monoisotopic (exact) mass is 376 g/mol. The van der Waals surface area contributed by atoms with E-state index in [1.54, 1.807) is 9.58 Å². The number of carbonyl (C=O) groups excluding carboxylic acids is 1. The minimum Gasteiger partial charge on any atom is -0.396 e. The van der Waals surface area contributed by atoms with Gasteiger partial charge in [-0.25, -0.2) is 9.48 Å². The van der Waals surface area contributed by atoms with E-state index in [-0.39, 0.29) is 18.7 Å². The highest BCUT2D eigenvalue weighted by Crippen LogP contribution is 2.27. The van der Waals surface area contributed by atoms with Gasteiger partial charge in [0, 0.05) is 31.5 Å². The van der Waals surface area contributed by atoms with E-state index in [2.05, 4.69) is 10.4 Å². The summed E-state index contributed by atoms with van der Waals surface area (Å²) in [5.74, 6) is 0.905. The summed E-state index contributed by atoms with van der Waals surface area (Å²) in [5, 5.41) is 17.2. The molecule has 0 bridgehead atoms. The Balaban J connectivity index is 1.67. The number of carbonyl (C=O) groups is 1. The van der Waals surface area contributed by atoms with Crippen LogP contribution >= 0.6 is 11.6 Å². The molecule has 0 aliphatic heterocycles. The second-order valence-corrected chi connectivity index (χ2v) is 7.36. The van der Waals surface area contributed by atoms with Gasteiger partial charge in [0.05, 0.1) is 10.7 Å². The molecule has 1 fully saturated rings. The molecule has 0 spiro atoms. The molecule has 0 unspecified atom stereocenters. The summed E-state index contributed by atoms with van der Waals surface area (Å²) in [7, 11) is 1.82. The van der Waals surface area contributed by atoms with Gasteiger partial charge in [-0.3, -0.25) is 5.32 Å². The zero-order valence-electron chi connectivity index (χ0n) is 15.2. The lowest BCUT2D eigenvalue weighted by molar-refractivity contribution is 0.139. The lowest BCUT2D eigenvalue weighted by atomic mass is 9.86. The van der Waals surface area contributed by atoms with Crippen LogP contribution in [0, 0.1) is 12.8 Å². The molecule has 0 radical (unpaired) electrons. The molecule has 6 nitrogen and oxygen atoms in total. The lowest BCUT2D eigenvalue weighted by Crippen LogP contribution is -2.42. The number of amides is 2. The van der Waals surface area contributed by atoms with Gasteiger partial charge in [-0.15, -0.1) is 5.10 Å². The van der Waals surface area contributed by atoms with Gasteiger partial charge >= 0.3 is 6.03 Å². The Kier molecular flexibility index (Phi) is 5.84. The van der Waals surface area contributed by atoms with Crippen LogP contribution in [0.3, 0.4) is 0 Å². The highest BCUT2D eigenvalue weighted by molar-refractivity contribution is 6.32. The van der Waals surface area contributed by atoms with E-state index in [0.717, 1.165) is 36.9 Å². The standard InChI is InChI=1S/C19H25ClN4O2/c1-13-11-24(17-6-4-3-5-16(17)20)22-18(13)21-19(26)23(2)15-9-7-14(12-25)8-10-15/h3-6,11,14-15,25H,7-10,12H2,1-2H3,(H,21,22,26). The number of hydrogen-bond donors (Lipinski definition) is 2. The van der Waals surface area contributed by atoms with Gasteiger partial charge in [-0.1, -0.05) is 23.7 Å². The third-order valence-electron chi connectivity index (χ3n) is 5.16. The highest BCUT2D eigenvalue weighted by atomic mass is 35.5. The maximum absolute atomic E-state index is 12.6. The van der Waals surface area contributed by atoms with Crippen LogP contribution in [0.4, 0.5) is 10.6 Å². The van der Waals surface area contributed by atoms with Crippen molar-refractivity contribution in [3.8, 4) is 5.69 Å². The van der Waals surface area contributed by atoms with Crippen LogP contribution in [0.25, 0.3) is 5.69 Å². The molecule has 3 rings (SSSR count). The second-order valence-electron chi connectivity index (χ2n) is 6.95. The van der Waals surface area contributed by atoms with Crippen molar-refractivity contribution >= 4 is 23.4 Å². The van der Waals surface area contributed by atoms with Crippen molar-refractivity contribution in [2.75, 3.05) is 19.0 Å². The highest BCUT2D eigenvalue weighted by Gasteiger charge is 2.26. The minimum atomic E-state index is -0.162. The van der Waals surface area contributed by atoms with E-state index < -0.39 is 0 Å². The Hall–Kier alpha value is -2.05. The van der Waals surface area contributed by atoms with E-state index >= 15 is 0 Å². The predicted octanol–water partition coefficient (Wildman–Crippen LogP) is 3.85. The average Bonchev–Trinajstić information content (AvgIpc) is 3.01. The number of benzene rings is 1. The zero-order chi connectivity index (χ0) is 18.7. The Labute approximate surface area is 158 Å². The van der Waals surface area contributed by atoms with Crippen molar-refractivity contribution in [3.05, 3.63) is 41.0 Å². The molecule has 2 amide bonds. The molecule has 2 N–H and O–H groups in total. The van der Waals surface area contributed by atoms with Crippen molar-refractivity contribution in [1.29, 1.82) is 0 Å². The van der Waals surface area contributed by atoms with E-state index in [0.29, 0.717) is 16.8 Å². The van der Waals surface area contributed by atoms with E-state index in [9.17, 15) is 9.90 Å². The van der Waals surface area contributed by atoms with Gasteiger partial charge < -0.3 is 10.0 Å². The number of nitrogens with one attached hydrogen (secondary N) is 1. The Morgan fingerprint density at radius 3 is 2.69 bits per heavy atom. The normalized spacial score (nSPS) is 20.0. The van der Waals surface area contributed by atoms with Crippen molar-refractivity contribution < 1.29 is 9.90 Å². The number of nitrogens with zero attached hydrogens (tertiary/aromatic N) is 3. The summed E-state index contributed by atoms with van der Waals surface area (Å²) in [6, 6.07) is 7.49. The number of anilines is 1. The fraction of sp³-hybridized carbons (Fsp3) is 0.474. The lowest BCUT2D eigenvalue weighted by Gasteiger charge is -2.34.